The van der Waals surface area contributed by atoms with Crippen molar-refractivity contribution in [3.05, 3.63) is 54.0 Å². The summed E-state index contributed by atoms with van der Waals surface area (Å²) in [6, 6.07) is 11.6. The van der Waals surface area contributed by atoms with E-state index in [1.54, 1.807) is 0 Å². The lowest BCUT2D eigenvalue weighted by Crippen LogP contribution is -2.34. The molecule has 7 nitrogen and oxygen atoms in total. The highest BCUT2D eigenvalue weighted by molar-refractivity contribution is 7.80. The zero-order valence-electron chi connectivity index (χ0n) is 12.7. The van der Waals surface area contributed by atoms with Crippen molar-refractivity contribution in [1.29, 1.82) is 0 Å². The van der Waals surface area contributed by atoms with E-state index in [2.05, 4.69) is 20.8 Å². The van der Waals surface area contributed by atoms with Crippen LogP contribution in [-0.4, -0.2) is 26.5 Å². The molecule has 8 heteroatoms. The van der Waals surface area contributed by atoms with Crippen LogP contribution in [0.2, 0.25) is 0 Å². The summed E-state index contributed by atoms with van der Waals surface area (Å²) in [5.74, 6) is 2.35. The number of aromatic nitrogens is 3. The van der Waals surface area contributed by atoms with Gasteiger partial charge >= 0.3 is 0 Å². The Labute approximate surface area is 143 Å². The van der Waals surface area contributed by atoms with Gasteiger partial charge in [-0.25, -0.2) is 0 Å². The molecule has 0 spiro atoms. The Hall–Kier alpha value is -2.87. The maximum absolute atomic E-state index is 5.37. The van der Waals surface area contributed by atoms with Gasteiger partial charge in [0, 0.05) is 12.7 Å². The Morgan fingerprint density at radius 1 is 1.08 bits per heavy atom. The predicted molar refractivity (Wildman–Crippen MR) is 91.8 cm³/mol. The Bertz CT molecular complexity index is 895. The fourth-order valence-electron chi connectivity index (χ4n) is 2.47. The largest absolute Gasteiger partial charge is 0.454 e. The van der Waals surface area contributed by atoms with Crippen molar-refractivity contribution in [3.8, 4) is 11.5 Å². The third kappa shape index (κ3) is 2.95. The van der Waals surface area contributed by atoms with Gasteiger partial charge in [-0.05, 0) is 42.0 Å². The van der Waals surface area contributed by atoms with Crippen LogP contribution in [0.5, 0.6) is 11.5 Å². The van der Waals surface area contributed by atoms with Crippen LogP contribution in [0.25, 0.3) is 5.65 Å². The maximum atomic E-state index is 5.37. The van der Waals surface area contributed by atoms with Crippen LogP contribution in [0.4, 0.5) is 0 Å². The topological polar surface area (TPSA) is 72.7 Å². The first-order chi connectivity index (χ1) is 11.8. The van der Waals surface area contributed by atoms with Crippen LogP contribution < -0.4 is 20.1 Å². The molecule has 3 heterocycles. The van der Waals surface area contributed by atoms with Crippen molar-refractivity contribution in [3.63, 3.8) is 0 Å². The molecule has 2 N–H and O–H groups in total. The SMILES string of the molecule is S=C(NCc1ccc2c(c1)OCO2)NCc1nnc2ccccn12. The molecular weight excluding hydrogens is 326 g/mol. The van der Waals surface area contributed by atoms with Crippen LogP contribution in [0.3, 0.4) is 0 Å². The number of thiocarbonyl (C=S) groups is 1. The van der Waals surface area contributed by atoms with Crippen LogP contribution in [0.1, 0.15) is 11.4 Å². The van der Waals surface area contributed by atoms with Gasteiger partial charge in [-0.2, -0.15) is 0 Å². The van der Waals surface area contributed by atoms with Crippen molar-refractivity contribution >= 4 is 23.0 Å². The van der Waals surface area contributed by atoms with E-state index in [0.717, 1.165) is 28.5 Å². The Morgan fingerprint density at radius 2 is 1.96 bits per heavy atom. The van der Waals surface area contributed by atoms with E-state index in [-0.39, 0.29) is 6.79 Å². The molecule has 1 aliphatic heterocycles. The van der Waals surface area contributed by atoms with Crippen molar-refractivity contribution in [1.82, 2.24) is 25.2 Å². The number of nitrogens with one attached hydrogen (secondary N) is 2. The molecule has 0 amide bonds. The standard InChI is InChI=1S/C16H15N5O2S/c24-16(17-8-11-4-5-12-13(7-11)23-10-22-12)18-9-15-20-19-14-3-1-2-6-21(14)15/h1-7H,8-10H2,(H2,17,18,24). The van der Waals surface area contributed by atoms with E-state index in [0.29, 0.717) is 18.2 Å². The minimum atomic E-state index is 0.276. The van der Waals surface area contributed by atoms with E-state index in [4.69, 9.17) is 21.7 Å². The first kappa shape index (κ1) is 14.7. The zero-order valence-corrected chi connectivity index (χ0v) is 13.5. The van der Waals surface area contributed by atoms with E-state index < -0.39 is 0 Å². The molecule has 122 valence electrons. The summed E-state index contributed by atoms with van der Waals surface area (Å²) >= 11 is 5.31. The maximum Gasteiger partial charge on any atom is 0.231 e. The summed E-state index contributed by atoms with van der Waals surface area (Å²) in [6.45, 7) is 1.37. The van der Waals surface area contributed by atoms with Gasteiger partial charge in [0.25, 0.3) is 0 Å². The predicted octanol–water partition coefficient (Wildman–Crippen LogP) is 1.62. The van der Waals surface area contributed by atoms with Crippen molar-refractivity contribution < 1.29 is 9.47 Å². The highest BCUT2D eigenvalue weighted by atomic mass is 32.1. The molecule has 0 fully saturated rings. The van der Waals surface area contributed by atoms with E-state index in [1.165, 1.54) is 0 Å². The van der Waals surface area contributed by atoms with Gasteiger partial charge < -0.3 is 20.1 Å². The summed E-state index contributed by atoms with van der Waals surface area (Å²) in [5.41, 5.74) is 1.88. The van der Waals surface area contributed by atoms with Gasteiger partial charge in [0.05, 0.1) is 6.54 Å². The lowest BCUT2D eigenvalue weighted by atomic mass is 10.2. The van der Waals surface area contributed by atoms with E-state index in [9.17, 15) is 0 Å². The molecule has 2 aromatic heterocycles. The molecule has 0 radical (unpaired) electrons. The number of ether oxygens (including phenoxy) is 2. The van der Waals surface area contributed by atoms with E-state index >= 15 is 0 Å². The average molecular weight is 341 g/mol. The highest BCUT2D eigenvalue weighted by Gasteiger charge is 2.13. The van der Waals surface area contributed by atoms with Crippen LogP contribution in [-0.2, 0) is 13.1 Å². The third-order valence-electron chi connectivity index (χ3n) is 3.68. The molecule has 0 aliphatic carbocycles. The average Bonchev–Trinajstić information content (AvgIpc) is 3.24. The van der Waals surface area contributed by atoms with Gasteiger partial charge in [-0.3, -0.25) is 4.40 Å². The number of nitrogens with zero attached hydrogens (tertiary/aromatic N) is 3. The Morgan fingerprint density at radius 3 is 2.92 bits per heavy atom. The first-order valence-electron chi connectivity index (χ1n) is 7.48. The smallest absolute Gasteiger partial charge is 0.231 e. The molecule has 0 atom stereocenters. The molecule has 0 saturated carbocycles. The Kier molecular flexibility index (Phi) is 3.87. The zero-order chi connectivity index (χ0) is 16.4. The van der Waals surface area contributed by atoms with Crippen LogP contribution in [0, 0.1) is 0 Å². The minimum absolute atomic E-state index is 0.276. The van der Waals surface area contributed by atoms with E-state index in [1.807, 2.05) is 47.0 Å². The van der Waals surface area contributed by atoms with Gasteiger partial charge in [-0.15, -0.1) is 10.2 Å². The second-order valence-electron chi connectivity index (χ2n) is 5.27. The number of hydrogen-bond donors (Lipinski definition) is 2. The van der Waals surface area contributed by atoms with Crippen molar-refractivity contribution in [2.45, 2.75) is 13.1 Å². The second kappa shape index (κ2) is 6.32. The molecule has 0 unspecified atom stereocenters. The monoisotopic (exact) mass is 341 g/mol. The van der Waals surface area contributed by atoms with Gasteiger partial charge in [-0.1, -0.05) is 12.1 Å². The normalized spacial score (nSPS) is 12.3. The Balaban J connectivity index is 1.32. The summed E-state index contributed by atoms with van der Waals surface area (Å²) in [7, 11) is 0. The first-order valence-corrected chi connectivity index (χ1v) is 7.89. The molecule has 1 aliphatic rings. The quantitative estimate of drug-likeness (QED) is 0.699. The van der Waals surface area contributed by atoms with Crippen molar-refractivity contribution in [2.24, 2.45) is 0 Å². The highest BCUT2D eigenvalue weighted by Crippen LogP contribution is 2.32. The second-order valence-corrected chi connectivity index (χ2v) is 5.68. The lowest BCUT2D eigenvalue weighted by Gasteiger charge is -2.10. The lowest BCUT2D eigenvalue weighted by molar-refractivity contribution is 0.174. The van der Waals surface area contributed by atoms with Gasteiger partial charge in [0.15, 0.2) is 28.1 Å². The summed E-state index contributed by atoms with van der Waals surface area (Å²) in [6.07, 6.45) is 1.93. The number of hydrogen-bond acceptors (Lipinski definition) is 5. The number of pyridine rings is 1. The molecule has 3 aromatic rings. The summed E-state index contributed by atoms with van der Waals surface area (Å²) in [5, 5.41) is 15.1. The van der Waals surface area contributed by atoms with Gasteiger partial charge in [0.2, 0.25) is 6.79 Å². The minimum Gasteiger partial charge on any atom is -0.454 e. The number of benzene rings is 1. The molecule has 1 aromatic carbocycles. The fourth-order valence-corrected chi connectivity index (χ4v) is 2.61. The molecule has 0 bridgehead atoms. The third-order valence-corrected chi connectivity index (χ3v) is 3.97. The summed E-state index contributed by atoms with van der Waals surface area (Å²) < 4.78 is 12.6. The molecule has 0 saturated heterocycles. The summed E-state index contributed by atoms with van der Waals surface area (Å²) in [4.78, 5) is 0. The van der Waals surface area contributed by atoms with Gasteiger partial charge in [0.1, 0.15) is 0 Å². The van der Waals surface area contributed by atoms with Crippen LogP contribution in [0.15, 0.2) is 42.6 Å². The molecule has 4 rings (SSSR count). The number of rotatable bonds is 4. The fraction of sp³-hybridized carbons (Fsp3) is 0.188. The number of fused-ring (bicyclic) bond motifs is 2. The van der Waals surface area contributed by atoms with Crippen LogP contribution >= 0.6 is 12.2 Å². The molecular formula is C16H15N5O2S. The van der Waals surface area contributed by atoms with Crippen molar-refractivity contribution in [2.75, 3.05) is 6.79 Å². The molecule has 24 heavy (non-hydrogen) atoms.